The summed E-state index contributed by atoms with van der Waals surface area (Å²) in [5, 5.41) is 11.6. The van der Waals surface area contributed by atoms with E-state index in [0.717, 1.165) is 48.9 Å². The Morgan fingerprint density at radius 3 is 2.02 bits per heavy atom. The van der Waals surface area contributed by atoms with Gasteiger partial charge >= 0.3 is 0 Å². The fourth-order valence-corrected chi connectivity index (χ4v) is 12.9. The van der Waals surface area contributed by atoms with E-state index in [1.54, 1.807) is 0 Å². The van der Waals surface area contributed by atoms with Crippen LogP contribution in [0.25, 0.3) is 0 Å². The molecule has 0 spiro atoms. The van der Waals surface area contributed by atoms with Gasteiger partial charge in [-0.15, -0.1) is 13.2 Å². The zero-order chi connectivity index (χ0) is 39.6. The molecule has 4 atom stereocenters. The summed E-state index contributed by atoms with van der Waals surface area (Å²) >= 11 is 0. The van der Waals surface area contributed by atoms with Gasteiger partial charge in [-0.2, -0.15) is 0 Å². The van der Waals surface area contributed by atoms with Crippen LogP contribution in [0, 0.1) is 17.3 Å². The van der Waals surface area contributed by atoms with E-state index < -0.39 is 25.8 Å². The number of allylic oxidation sites excluding steroid dienone is 2. The molecule has 1 saturated heterocycles. The molecule has 1 heterocycles. The van der Waals surface area contributed by atoms with Gasteiger partial charge in [-0.05, 0) is 72.7 Å². The van der Waals surface area contributed by atoms with Crippen LogP contribution in [0.3, 0.4) is 0 Å². The van der Waals surface area contributed by atoms with Crippen molar-refractivity contribution in [2.45, 2.75) is 142 Å². The average Bonchev–Trinajstić information content (AvgIpc) is 3.49. The summed E-state index contributed by atoms with van der Waals surface area (Å²) in [6.45, 7) is 21.7. The number of hydrogen-bond acceptors (Lipinski definition) is 4. The van der Waals surface area contributed by atoms with Crippen LogP contribution in [-0.2, 0) is 18.8 Å². The molecule has 3 rings (SSSR count). The Kier molecular flexibility index (Phi) is 18.4. The summed E-state index contributed by atoms with van der Waals surface area (Å²) in [5.41, 5.74) is -0.709. The molecule has 1 fully saturated rings. The van der Waals surface area contributed by atoms with Crippen LogP contribution in [0.5, 0.6) is 0 Å². The fraction of sp³-hybridized carbons (Fsp3) is 0.587. The molecule has 1 aliphatic rings. The second-order valence-electron chi connectivity index (χ2n) is 17.0. The Bertz CT molecular complexity index is 1420. The van der Waals surface area contributed by atoms with Crippen molar-refractivity contribution in [1.82, 2.24) is 16.0 Å². The van der Waals surface area contributed by atoms with Crippen molar-refractivity contribution in [3.63, 3.8) is 0 Å². The lowest BCUT2D eigenvalue weighted by molar-refractivity contribution is -0.133. The molecule has 2 unspecified atom stereocenters. The topological polar surface area (TPSA) is 96.5 Å². The summed E-state index contributed by atoms with van der Waals surface area (Å²) in [6.07, 6.45) is 14.8. The molecule has 0 aliphatic carbocycles. The Labute approximate surface area is 328 Å². The van der Waals surface area contributed by atoms with Crippen LogP contribution in [-0.4, -0.2) is 51.3 Å². The van der Waals surface area contributed by atoms with Gasteiger partial charge in [0.25, 0.3) is 8.32 Å². The minimum atomic E-state index is -2.96. The minimum Gasteiger partial charge on any atom is -0.405 e. The number of amides is 3. The molecule has 2 aromatic rings. The van der Waals surface area contributed by atoms with Crippen molar-refractivity contribution in [2.24, 2.45) is 17.3 Å². The SMILES string of the molecule is C=CCCCC(CCCCCCC)C(=O)N[C@@H](CC(C)C)C(=O)N[C@H](CO[Si](c1ccccc1)(c1ccccc1)C(C)(C)C)CC1(CC=C)CCNC1=O. The maximum atomic E-state index is 14.5. The minimum absolute atomic E-state index is 0.0135. The molecular formula is C46H71N3O4Si. The molecule has 0 radical (unpaired) electrons. The summed E-state index contributed by atoms with van der Waals surface area (Å²) in [6, 6.07) is 19.7. The first-order valence-corrected chi connectivity index (χ1v) is 22.6. The van der Waals surface area contributed by atoms with Crippen LogP contribution in [0.2, 0.25) is 5.04 Å². The molecule has 298 valence electrons. The van der Waals surface area contributed by atoms with Gasteiger partial charge in [-0.3, -0.25) is 14.4 Å². The Hall–Kier alpha value is -3.49. The second-order valence-corrected chi connectivity index (χ2v) is 21.3. The van der Waals surface area contributed by atoms with E-state index >= 15 is 0 Å². The van der Waals surface area contributed by atoms with Crippen molar-refractivity contribution in [1.29, 1.82) is 0 Å². The number of nitrogens with one attached hydrogen (secondary N) is 3. The maximum absolute atomic E-state index is 14.5. The van der Waals surface area contributed by atoms with Crippen LogP contribution in [0.15, 0.2) is 86.0 Å². The number of carbonyl (C=O) groups excluding carboxylic acids is 3. The molecule has 1 aliphatic heterocycles. The molecule has 8 heteroatoms. The van der Waals surface area contributed by atoms with Crippen molar-refractivity contribution in [2.75, 3.05) is 13.2 Å². The summed E-state index contributed by atoms with van der Waals surface area (Å²) in [7, 11) is -2.96. The fourth-order valence-electron chi connectivity index (χ4n) is 8.28. The molecule has 3 amide bonds. The van der Waals surface area contributed by atoms with Crippen molar-refractivity contribution in [3.8, 4) is 0 Å². The molecule has 2 aromatic carbocycles. The van der Waals surface area contributed by atoms with Crippen LogP contribution in [0.4, 0.5) is 0 Å². The molecular weight excluding hydrogens is 687 g/mol. The summed E-state index contributed by atoms with van der Waals surface area (Å²) in [5.74, 6) is -0.266. The van der Waals surface area contributed by atoms with Gasteiger partial charge in [-0.25, -0.2) is 0 Å². The molecule has 3 N–H and O–H groups in total. The van der Waals surface area contributed by atoms with Crippen LogP contribution >= 0.6 is 0 Å². The molecule has 0 saturated carbocycles. The third kappa shape index (κ3) is 12.5. The van der Waals surface area contributed by atoms with Crippen LogP contribution < -0.4 is 26.3 Å². The molecule has 54 heavy (non-hydrogen) atoms. The lowest BCUT2D eigenvalue weighted by Gasteiger charge is -2.44. The number of benzene rings is 2. The average molecular weight is 758 g/mol. The Morgan fingerprint density at radius 1 is 0.889 bits per heavy atom. The molecule has 0 aromatic heterocycles. The van der Waals surface area contributed by atoms with Crippen molar-refractivity contribution < 1.29 is 18.8 Å². The highest BCUT2D eigenvalue weighted by molar-refractivity contribution is 6.99. The van der Waals surface area contributed by atoms with E-state index in [0.29, 0.717) is 32.2 Å². The second kappa shape index (κ2) is 22.2. The smallest absolute Gasteiger partial charge is 0.261 e. The molecule has 0 bridgehead atoms. The number of carbonyl (C=O) groups is 3. The zero-order valence-corrected chi connectivity index (χ0v) is 35.4. The first-order valence-electron chi connectivity index (χ1n) is 20.7. The van der Waals surface area contributed by atoms with E-state index in [4.69, 9.17) is 4.43 Å². The lowest BCUT2D eigenvalue weighted by Crippen LogP contribution is -2.67. The molecule has 7 nitrogen and oxygen atoms in total. The van der Waals surface area contributed by atoms with Crippen molar-refractivity contribution >= 4 is 36.4 Å². The van der Waals surface area contributed by atoms with E-state index in [1.807, 2.05) is 24.3 Å². The van der Waals surface area contributed by atoms with Gasteiger partial charge in [0.2, 0.25) is 17.7 Å². The van der Waals surface area contributed by atoms with E-state index in [9.17, 15) is 14.4 Å². The zero-order valence-electron chi connectivity index (χ0n) is 34.4. The normalized spacial score (nSPS) is 17.7. The van der Waals surface area contributed by atoms with E-state index in [-0.39, 0.29) is 41.2 Å². The summed E-state index contributed by atoms with van der Waals surface area (Å²) in [4.78, 5) is 42.0. The van der Waals surface area contributed by atoms with Crippen LogP contribution in [0.1, 0.15) is 125 Å². The van der Waals surface area contributed by atoms with Gasteiger partial charge < -0.3 is 20.4 Å². The monoisotopic (exact) mass is 758 g/mol. The van der Waals surface area contributed by atoms with Crippen molar-refractivity contribution in [3.05, 3.63) is 86.0 Å². The van der Waals surface area contributed by atoms with Gasteiger partial charge in [0.15, 0.2) is 0 Å². The van der Waals surface area contributed by atoms with Gasteiger partial charge in [0.1, 0.15) is 6.04 Å². The summed E-state index contributed by atoms with van der Waals surface area (Å²) < 4.78 is 7.38. The third-order valence-electron chi connectivity index (χ3n) is 11.1. The Balaban J connectivity index is 1.98. The first kappa shape index (κ1) is 44.9. The lowest BCUT2D eigenvalue weighted by atomic mass is 9.77. The first-order chi connectivity index (χ1) is 25.8. The van der Waals surface area contributed by atoms with E-state index in [1.165, 1.54) is 19.3 Å². The number of rotatable bonds is 25. The van der Waals surface area contributed by atoms with Gasteiger partial charge in [-0.1, -0.05) is 146 Å². The van der Waals surface area contributed by atoms with Gasteiger partial charge in [0.05, 0.1) is 18.1 Å². The third-order valence-corrected chi connectivity index (χ3v) is 16.1. The highest BCUT2D eigenvalue weighted by Crippen LogP contribution is 2.39. The largest absolute Gasteiger partial charge is 0.405 e. The highest BCUT2D eigenvalue weighted by atomic mass is 28.4. The standard InChI is InChI=1S/C46H71N3O4Si/c1-9-12-14-15-19-25-37(24-18-13-10-2)42(50)49-41(33-36(4)5)43(51)48-38(34-46(30-11-3)31-32-47-44(46)52)35-53-54(45(6,7)8,39-26-20-16-21-27-39)40-28-22-17-23-29-40/h10-11,16-17,20-23,26-29,36-38,41H,2-3,9,12-15,18-19,24-25,30-35H2,1,4-8H3,(H,47,52)(H,48,51)(H,49,50)/t37?,38-,41-,46?/m0/s1. The number of hydrogen-bond donors (Lipinski definition) is 3. The number of unbranched alkanes of at least 4 members (excludes halogenated alkanes) is 5. The highest BCUT2D eigenvalue weighted by Gasteiger charge is 2.51. The predicted octanol–water partition coefficient (Wildman–Crippen LogP) is 8.38. The van der Waals surface area contributed by atoms with Gasteiger partial charge in [0, 0.05) is 12.5 Å². The predicted molar refractivity (Wildman–Crippen MR) is 227 cm³/mol. The quantitative estimate of drug-likeness (QED) is 0.0539. The maximum Gasteiger partial charge on any atom is 0.261 e. The Morgan fingerprint density at radius 2 is 1.50 bits per heavy atom. The van der Waals surface area contributed by atoms with E-state index in [2.05, 4.69) is 119 Å².